The number of fused-ring (bicyclic) bond motifs is 3. The van der Waals surface area contributed by atoms with Crippen LogP contribution in [0, 0.1) is 5.41 Å². The maximum atomic E-state index is 13.6. The first kappa shape index (κ1) is 25.1. The molecule has 0 bridgehead atoms. The van der Waals surface area contributed by atoms with E-state index in [0.717, 1.165) is 29.3 Å². The summed E-state index contributed by atoms with van der Waals surface area (Å²) in [4.78, 5) is 27.2. The Balaban J connectivity index is 1.41. The maximum Gasteiger partial charge on any atom is 0.198 e. The summed E-state index contributed by atoms with van der Waals surface area (Å²) in [5.74, 6) is 0.851. The second-order valence-electron chi connectivity index (χ2n) is 12.3. The summed E-state index contributed by atoms with van der Waals surface area (Å²) >= 11 is 0. The van der Waals surface area contributed by atoms with E-state index in [9.17, 15) is 9.59 Å². The van der Waals surface area contributed by atoms with Crippen LogP contribution in [-0.4, -0.2) is 18.1 Å². The third-order valence-corrected chi connectivity index (χ3v) is 7.95. The largest absolute Gasteiger partial charge is 0.461 e. The lowest BCUT2D eigenvalue weighted by Crippen LogP contribution is -2.28. The van der Waals surface area contributed by atoms with Gasteiger partial charge < -0.3 is 10.1 Å². The molecule has 0 atom stereocenters. The lowest BCUT2D eigenvalue weighted by atomic mass is 9.78. The molecule has 4 heteroatoms. The minimum atomic E-state index is -0.313. The number of carbonyl (C=O) groups is 2. The fourth-order valence-corrected chi connectivity index (χ4v) is 5.57. The summed E-state index contributed by atoms with van der Waals surface area (Å²) in [5.41, 5.74) is 5.09. The van der Waals surface area contributed by atoms with Gasteiger partial charge in [-0.25, -0.2) is 0 Å². The van der Waals surface area contributed by atoms with Crippen molar-refractivity contribution in [2.24, 2.45) is 5.41 Å². The van der Waals surface area contributed by atoms with E-state index >= 15 is 0 Å². The normalized spacial score (nSPS) is 18.5. The molecule has 1 aliphatic carbocycles. The van der Waals surface area contributed by atoms with Crippen molar-refractivity contribution in [1.29, 1.82) is 0 Å². The number of hydrogen-bond donors (Lipinski definition) is 1. The molecule has 3 aromatic carbocycles. The van der Waals surface area contributed by atoms with Crippen LogP contribution < -0.4 is 5.32 Å². The molecule has 0 saturated carbocycles. The van der Waals surface area contributed by atoms with Gasteiger partial charge in [-0.15, -0.1) is 0 Å². The Bertz CT molecular complexity index is 1630. The summed E-state index contributed by atoms with van der Waals surface area (Å²) < 4.78 is 6.29. The van der Waals surface area contributed by atoms with Crippen LogP contribution in [0.5, 0.6) is 0 Å². The Kier molecular flexibility index (Phi) is 5.76. The molecule has 196 valence electrons. The predicted molar refractivity (Wildman–Crippen MR) is 158 cm³/mol. The number of rotatable bonds is 2. The molecule has 2 aliphatic heterocycles. The first-order valence-corrected chi connectivity index (χ1v) is 13.6. The van der Waals surface area contributed by atoms with Crippen LogP contribution in [0.4, 0.5) is 5.69 Å². The van der Waals surface area contributed by atoms with Gasteiger partial charge in [-0.2, -0.15) is 0 Å². The molecular formula is C35H33NO3. The molecule has 0 radical (unpaired) electrons. The molecule has 4 nitrogen and oxygen atoms in total. The van der Waals surface area contributed by atoms with E-state index in [1.807, 2.05) is 60.7 Å². The van der Waals surface area contributed by atoms with Gasteiger partial charge in [0.1, 0.15) is 11.5 Å². The second kappa shape index (κ2) is 8.94. The fourth-order valence-electron chi connectivity index (χ4n) is 5.57. The van der Waals surface area contributed by atoms with Crippen LogP contribution in [0.15, 0.2) is 95.5 Å². The Morgan fingerprint density at radius 3 is 2.18 bits per heavy atom. The number of hydrogen-bond acceptors (Lipinski definition) is 4. The fraction of sp³-hybridized carbons (Fsp3) is 0.257. The van der Waals surface area contributed by atoms with Gasteiger partial charge in [0.25, 0.3) is 0 Å². The van der Waals surface area contributed by atoms with Crippen molar-refractivity contribution < 1.29 is 14.3 Å². The van der Waals surface area contributed by atoms with E-state index in [1.54, 1.807) is 0 Å². The molecule has 6 rings (SSSR count). The molecule has 0 aromatic heterocycles. The molecule has 1 N–H and O–H groups in total. The van der Waals surface area contributed by atoms with Gasteiger partial charge in [0.2, 0.25) is 0 Å². The summed E-state index contributed by atoms with van der Waals surface area (Å²) in [6.45, 7) is 11.7. The first-order chi connectivity index (χ1) is 18.5. The van der Waals surface area contributed by atoms with Gasteiger partial charge in [-0.3, -0.25) is 9.59 Å². The lowest BCUT2D eigenvalue weighted by molar-refractivity contribution is 0.0987. The SMILES string of the molecule is CC(C)(C)C1=CC(=C2C(=O)c3cc4ccccc4cc3C2=O)C=C(C=Cc2ccc3c(c2)C(C)(C)CCN3)O1. The zero-order valence-electron chi connectivity index (χ0n) is 23.1. The van der Waals surface area contributed by atoms with Crippen LogP contribution in [0.1, 0.15) is 72.9 Å². The van der Waals surface area contributed by atoms with Gasteiger partial charge in [0.05, 0.1) is 5.57 Å². The number of ketones is 2. The van der Waals surface area contributed by atoms with Crippen molar-refractivity contribution in [3.05, 3.63) is 118 Å². The van der Waals surface area contributed by atoms with Gasteiger partial charge in [-0.1, -0.05) is 71.0 Å². The third kappa shape index (κ3) is 4.44. The van der Waals surface area contributed by atoms with E-state index in [0.29, 0.717) is 28.2 Å². The third-order valence-electron chi connectivity index (χ3n) is 7.95. The number of nitrogens with one attached hydrogen (secondary N) is 1. The minimum Gasteiger partial charge on any atom is -0.461 e. The van der Waals surface area contributed by atoms with Crippen molar-refractivity contribution in [1.82, 2.24) is 0 Å². The van der Waals surface area contributed by atoms with Crippen molar-refractivity contribution in [2.45, 2.75) is 46.5 Å². The number of allylic oxidation sites excluding steroid dienone is 6. The number of ether oxygens (including phenoxy) is 1. The Morgan fingerprint density at radius 1 is 0.872 bits per heavy atom. The molecule has 0 spiro atoms. The summed E-state index contributed by atoms with van der Waals surface area (Å²) in [6.07, 6.45) is 8.70. The second-order valence-corrected chi connectivity index (χ2v) is 12.3. The summed E-state index contributed by atoms with van der Waals surface area (Å²) in [5, 5.41) is 5.40. The topological polar surface area (TPSA) is 55.4 Å². The molecule has 0 fully saturated rings. The van der Waals surface area contributed by atoms with Crippen LogP contribution in [-0.2, 0) is 10.2 Å². The van der Waals surface area contributed by atoms with Gasteiger partial charge >= 0.3 is 0 Å². The van der Waals surface area contributed by atoms with Crippen molar-refractivity contribution >= 4 is 34.1 Å². The van der Waals surface area contributed by atoms with E-state index < -0.39 is 0 Å². The average molecular weight is 516 g/mol. The van der Waals surface area contributed by atoms with Crippen LogP contribution >= 0.6 is 0 Å². The van der Waals surface area contributed by atoms with Gasteiger partial charge in [-0.05, 0) is 81.8 Å². The summed E-state index contributed by atoms with van der Waals surface area (Å²) in [6, 6.07) is 17.9. The average Bonchev–Trinajstić information content (AvgIpc) is 3.14. The minimum absolute atomic E-state index is 0.105. The zero-order chi connectivity index (χ0) is 27.5. The maximum absolute atomic E-state index is 13.6. The van der Waals surface area contributed by atoms with Crippen molar-refractivity contribution in [3.8, 4) is 0 Å². The van der Waals surface area contributed by atoms with Gasteiger partial charge in [0, 0.05) is 28.8 Å². The van der Waals surface area contributed by atoms with Crippen molar-refractivity contribution in [3.63, 3.8) is 0 Å². The number of carbonyl (C=O) groups excluding carboxylic acids is 2. The molecule has 0 saturated heterocycles. The molecule has 39 heavy (non-hydrogen) atoms. The predicted octanol–water partition coefficient (Wildman–Crippen LogP) is 8.17. The molecule has 0 unspecified atom stereocenters. The smallest absolute Gasteiger partial charge is 0.198 e. The lowest BCUT2D eigenvalue weighted by Gasteiger charge is -2.33. The molecule has 3 aromatic rings. The zero-order valence-corrected chi connectivity index (χ0v) is 23.1. The molecule has 2 heterocycles. The standard InChI is InChI=1S/C35H33NO3/c1-34(2,3)30-20-24(31-32(37)26-18-22-8-6-7-9-23(22)19-27(26)33(31)38)17-25(39-30)12-10-21-11-13-29-28(16-21)35(4,5)14-15-36-29/h6-13,16-20,36H,14-15H2,1-5H3. The monoisotopic (exact) mass is 515 g/mol. The van der Waals surface area contributed by atoms with Gasteiger partial charge in [0.15, 0.2) is 11.6 Å². The quantitative estimate of drug-likeness (QED) is 0.276. The Morgan fingerprint density at radius 2 is 1.54 bits per heavy atom. The highest BCUT2D eigenvalue weighted by Gasteiger charge is 2.36. The van der Waals surface area contributed by atoms with E-state index in [-0.39, 0.29) is 28.0 Å². The van der Waals surface area contributed by atoms with E-state index in [1.165, 1.54) is 11.3 Å². The highest BCUT2D eigenvalue weighted by atomic mass is 16.5. The Labute approximate surface area is 229 Å². The Hall–Kier alpha value is -4.18. The first-order valence-electron chi connectivity index (χ1n) is 13.6. The molecule has 0 amide bonds. The number of Topliss-reactive ketones (excluding diaryl/α,β-unsaturated/α-hetero) is 2. The van der Waals surface area contributed by atoms with Crippen LogP contribution in [0.3, 0.4) is 0 Å². The van der Waals surface area contributed by atoms with Crippen molar-refractivity contribution in [2.75, 3.05) is 11.9 Å². The van der Waals surface area contributed by atoms with E-state index in [2.05, 4.69) is 58.1 Å². The molecule has 3 aliphatic rings. The summed E-state index contributed by atoms with van der Waals surface area (Å²) in [7, 11) is 0. The number of anilines is 1. The van der Waals surface area contributed by atoms with Crippen LogP contribution in [0.25, 0.3) is 16.8 Å². The van der Waals surface area contributed by atoms with E-state index in [4.69, 9.17) is 4.74 Å². The molecular weight excluding hydrogens is 482 g/mol. The highest BCUT2D eigenvalue weighted by molar-refractivity contribution is 6.41. The highest BCUT2D eigenvalue weighted by Crippen LogP contribution is 2.39. The van der Waals surface area contributed by atoms with Crippen LogP contribution in [0.2, 0.25) is 0 Å². The number of benzene rings is 3.